The number of aromatic nitrogens is 2. The number of hydrogen-bond donors (Lipinski definition) is 4. The highest BCUT2D eigenvalue weighted by Crippen LogP contribution is 2.33. The Hall–Kier alpha value is -3.39. The van der Waals surface area contributed by atoms with E-state index in [0.29, 0.717) is 29.8 Å². The van der Waals surface area contributed by atoms with Crippen LogP contribution in [0.15, 0.2) is 42.7 Å². The molecule has 1 fully saturated rings. The van der Waals surface area contributed by atoms with E-state index in [1.807, 2.05) is 43.5 Å². The molecular weight excluding hydrogens is 394 g/mol. The summed E-state index contributed by atoms with van der Waals surface area (Å²) in [6.45, 7) is 3.33. The minimum atomic E-state index is -0.639. The van der Waals surface area contributed by atoms with Crippen LogP contribution in [0, 0.1) is 0 Å². The highest BCUT2D eigenvalue weighted by Gasteiger charge is 2.29. The van der Waals surface area contributed by atoms with Crippen LogP contribution in [0.5, 0.6) is 0 Å². The summed E-state index contributed by atoms with van der Waals surface area (Å²) < 4.78 is 1.72. The van der Waals surface area contributed by atoms with E-state index in [9.17, 15) is 14.7 Å². The van der Waals surface area contributed by atoms with Crippen molar-refractivity contribution in [1.29, 1.82) is 0 Å². The number of anilines is 2. The second-order valence-corrected chi connectivity index (χ2v) is 8.53. The Morgan fingerprint density at radius 2 is 1.97 bits per heavy atom. The number of fused-ring (bicyclic) bond motifs is 1. The summed E-state index contributed by atoms with van der Waals surface area (Å²) in [4.78, 5) is 23.5. The first-order chi connectivity index (χ1) is 14.7. The SMILES string of the molecule is CC(=O)Nc1cccc(-c2cc3c(N[C@H]4CC[C@](C)(O)CC4)c(C(N)=O)cnn3c2)c1. The molecule has 31 heavy (non-hydrogen) atoms. The van der Waals surface area contributed by atoms with Crippen LogP contribution in [0.4, 0.5) is 11.4 Å². The number of nitrogens with two attached hydrogens (primary N) is 1. The Bertz CT molecular complexity index is 1140. The lowest BCUT2D eigenvalue weighted by atomic mass is 9.83. The number of rotatable bonds is 5. The zero-order valence-electron chi connectivity index (χ0n) is 17.7. The summed E-state index contributed by atoms with van der Waals surface area (Å²) in [6, 6.07) is 9.62. The molecule has 5 N–H and O–H groups in total. The fourth-order valence-electron chi connectivity index (χ4n) is 4.12. The average molecular weight is 422 g/mol. The fourth-order valence-corrected chi connectivity index (χ4v) is 4.12. The van der Waals surface area contributed by atoms with Gasteiger partial charge in [0.1, 0.15) is 0 Å². The molecule has 2 amide bonds. The van der Waals surface area contributed by atoms with E-state index in [2.05, 4.69) is 15.7 Å². The molecular formula is C23H27N5O3. The van der Waals surface area contributed by atoms with Crippen LogP contribution >= 0.6 is 0 Å². The van der Waals surface area contributed by atoms with Gasteiger partial charge in [-0.3, -0.25) is 9.59 Å². The predicted molar refractivity (Wildman–Crippen MR) is 120 cm³/mol. The van der Waals surface area contributed by atoms with Crippen LogP contribution < -0.4 is 16.4 Å². The Morgan fingerprint density at radius 1 is 1.23 bits per heavy atom. The minimum Gasteiger partial charge on any atom is -0.390 e. The van der Waals surface area contributed by atoms with Crippen molar-refractivity contribution >= 4 is 28.7 Å². The summed E-state index contributed by atoms with van der Waals surface area (Å²) in [6.07, 6.45) is 6.34. The summed E-state index contributed by atoms with van der Waals surface area (Å²) in [7, 11) is 0. The van der Waals surface area contributed by atoms with Crippen molar-refractivity contribution in [2.24, 2.45) is 5.73 Å². The largest absolute Gasteiger partial charge is 0.390 e. The topological polar surface area (TPSA) is 122 Å². The summed E-state index contributed by atoms with van der Waals surface area (Å²) >= 11 is 0. The van der Waals surface area contributed by atoms with E-state index in [0.717, 1.165) is 29.5 Å². The van der Waals surface area contributed by atoms with Crippen molar-refractivity contribution < 1.29 is 14.7 Å². The number of benzene rings is 1. The van der Waals surface area contributed by atoms with E-state index in [4.69, 9.17) is 5.73 Å². The lowest BCUT2D eigenvalue weighted by molar-refractivity contribution is -0.114. The Labute approximate surface area is 180 Å². The maximum atomic E-state index is 12.1. The highest BCUT2D eigenvalue weighted by molar-refractivity contribution is 6.02. The van der Waals surface area contributed by atoms with E-state index in [-0.39, 0.29) is 11.9 Å². The molecule has 0 aliphatic heterocycles. The van der Waals surface area contributed by atoms with Crippen molar-refractivity contribution in [3.8, 4) is 11.1 Å². The van der Waals surface area contributed by atoms with Gasteiger partial charge in [0.15, 0.2) is 0 Å². The van der Waals surface area contributed by atoms with Gasteiger partial charge in [-0.25, -0.2) is 4.52 Å². The van der Waals surface area contributed by atoms with Crippen molar-refractivity contribution in [2.45, 2.75) is 51.2 Å². The normalized spacial score (nSPS) is 21.1. The van der Waals surface area contributed by atoms with Gasteiger partial charge >= 0.3 is 0 Å². The van der Waals surface area contributed by atoms with Crippen molar-refractivity contribution in [3.05, 3.63) is 48.3 Å². The monoisotopic (exact) mass is 421 g/mol. The first kappa shape index (κ1) is 20.9. The van der Waals surface area contributed by atoms with Gasteiger partial charge in [0.2, 0.25) is 5.91 Å². The maximum absolute atomic E-state index is 12.1. The summed E-state index contributed by atoms with van der Waals surface area (Å²) in [5, 5.41) is 20.9. The molecule has 8 heteroatoms. The third-order valence-corrected chi connectivity index (χ3v) is 5.83. The molecule has 0 atom stereocenters. The van der Waals surface area contributed by atoms with Gasteiger partial charge in [0.05, 0.1) is 28.6 Å². The zero-order chi connectivity index (χ0) is 22.2. The number of carbonyl (C=O) groups excluding carboxylic acids is 2. The fraction of sp³-hybridized carbons (Fsp3) is 0.348. The van der Waals surface area contributed by atoms with Gasteiger partial charge in [-0.15, -0.1) is 0 Å². The van der Waals surface area contributed by atoms with Gasteiger partial charge < -0.3 is 21.5 Å². The van der Waals surface area contributed by atoms with Crippen LogP contribution in [-0.2, 0) is 4.79 Å². The number of primary amides is 1. The van der Waals surface area contributed by atoms with E-state index >= 15 is 0 Å². The molecule has 0 radical (unpaired) electrons. The molecule has 8 nitrogen and oxygen atoms in total. The number of nitrogens with zero attached hydrogens (tertiary/aromatic N) is 2. The third-order valence-electron chi connectivity index (χ3n) is 5.83. The second kappa shape index (κ2) is 8.03. The Balaban J connectivity index is 1.71. The Kier molecular flexibility index (Phi) is 5.41. The number of amides is 2. The first-order valence-electron chi connectivity index (χ1n) is 10.4. The standard InChI is InChI=1S/C23H27N5O3/c1-14(29)26-18-5-3-4-15(10-18)16-11-20-21(19(22(24)30)12-25-28(20)13-16)27-17-6-8-23(2,31)9-7-17/h3-5,10-13,17,27,31H,6-9H2,1-2H3,(H2,24,30)(H,26,29)/t17-,23-. The van der Waals surface area contributed by atoms with Crippen LogP contribution in [-0.4, -0.2) is 38.2 Å². The van der Waals surface area contributed by atoms with Crippen molar-refractivity contribution in [1.82, 2.24) is 9.61 Å². The van der Waals surface area contributed by atoms with Gasteiger partial charge in [-0.1, -0.05) is 12.1 Å². The van der Waals surface area contributed by atoms with E-state index in [1.54, 1.807) is 4.52 Å². The molecule has 1 aliphatic carbocycles. The average Bonchev–Trinajstić information content (AvgIpc) is 3.14. The van der Waals surface area contributed by atoms with Crippen molar-refractivity contribution in [3.63, 3.8) is 0 Å². The lowest BCUT2D eigenvalue weighted by Crippen LogP contribution is -2.36. The zero-order valence-corrected chi connectivity index (χ0v) is 17.7. The minimum absolute atomic E-state index is 0.131. The first-order valence-corrected chi connectivity index (χ1v) is 10.4. The molecule has 2 heterocycles. The van der Waals surface area contributed by atoms with Gasteiger partial charge in [0.25, 0.3) is 5.91 Å². The highest BCUT2D eigenvalue weighted by atomic mass is 16.3. The number of nitrogens with one attached hydrogen (secondary N) is 2. The molecule has 0 saturated heterocycles. The molecule has 0 spiro atoms. The molecule has 0 unspecified atom stereocenters. The van der Waals surface area contributed by atoms with E-state index < -0.39 is 11.5 Å². The number of carbonyl (C=O) groups is 2. The summed E-state index contributed by atoms with van der Waals surface area (Å²) in [5.74, 6) is -0.680. The number of aliphatic hydroxyl groups is 1. The van der Waals surface area contributed by atoms with Gasteiger partial charge in [-0.05, 0) is 56.4 Å². The Morgan fingerprint density at radius 3 is 2.65 bits per heavy atom. The van der Waals surface area contributed by atoms with E-state index in [1.165, 1.54) is 13.1 Å². The molecule has 1 aliphatic rings. The van der Waals surface area contributed by atoms with Gasteiger partial charge in [0, 0.05) is 30.4 Å². The van der Waals surface area contributed by atoms with Crippen LogP contribution in [0.2, 0.25) is 0 Å². The lowest BCUT2D eigenvalue weighted by Gasteiger charge is -2.34. The summed E-state index contributed by atoms with van der Waals surface area (Å²) in [5.41, 5.74) is 9.24. The molecule has 2 aromatic heterocycles. The molecule has 0 bridgehead atoms. The van der Waals surface area contributed by atoms with Crippen LogP contribution in [0.1, 0.15) is 49.9 Å². The van der Waals surface area contributed by atoms with Gasteiger partial charge in [-0.2, -0.15) is 5.10 Å². The smallest absolute Gasteiger partial charge is 0.252 e. The van der Waals surface area contributed by atoms with Crippen LogP contribution in [0.25, 0.3) is 16.6 Å². The quantitative estimate of drug-likeness (QED) is 0.504. The molecule has 1 saturated carbocycles. The van der Waals surface area contributed by atoms with Crippen LogP contribution in [0.3, 0.4) is 0 Å². The predicted octanol–water partition coefficient (Wildman–Crippen LogP) is 3.16. The maximum Gasteiger partial charge on any atom is 0.252 e. The molecule has 1 aromatic carbocycles. The molecule has 3 aromatic rings. The second-order valence-electron chi connectivity index (χ2n) is 8.53. The molecule has 162 valence electrons. The van der Waals surface area contributed by atoms with Crippen molar-refractivity contribution in [2.75, 3.05) is 10.6 Å². The molecule has 4 rings (SSSR count). The number of hydrogen-bond acceptors (Lipinski definition) is 5. The third kappa shape index (κ3) is 4.54.